The second-order valence-corrected chi connectivity index (χ2v) is 12.3. The molecule has 46 heavy (non-hydrogen) atoms. The third kappa shape index (κ3) is 6.64. The van der Waals surface area contributed by atoms with Crippen molar-refractivity contribution < 1.29 is 33.0 Å². The van der Waals surface area contributed by atoms with E-state index >= 15 is 0 Å². The fourth-order valence-electron chi connectivity index (χ4n) is 6.62. The van der Waals surface area contributed by atoms with E-state index in [1.54, 1.807) is 18.2 Å². The number of hydrogen-bond acceptors (Lipinski definition) is 7. The van der Waals surface area contributed by atoms with Gasteiger partial charge in [-0.2, -0.15) is 0 Å². The summed E-state index contributed by atoms with van der Waals surface area (Å²) in [5.74, 6) is -0.445. The molecule has 0 spiro atoms. The number of nitrogens with zero attached hydrogens (tertiary/aromatic N) is 2. The lowest BCUT2D eigenvalue weighted by Gasteiger charge is -2.46. The highest BCUT2D eigenvalue weighted by Gasteiger charge is 2.46. The minimum absolute atomic E-state index is 0.0376. The number of rotatable bonds is 3. The number of amides is 3. The van der Waals surface area contributed by atoms with Crippen molar-refractivity contribution in [2.24, 2.45) is 0 Å². The number of nitrogens with one attached hydrogen (secondary N) is 2. The highest BCUT2D eigenvalue weighted by molar-refractivity contribution is 5.95. The zero-order valence-corrected chi connectivity index (χ0v) is 26.1. The van der Waals surface area contributed by atoms with Crippen LogP contribution in [0.4, 0.5) is 4.39 Å². The molecule has 0 unspecified atom stereocenters. The van der Waals surface area contributed by atoms with Crippen LogP contribution in [-0.2, 0) is 21.5 Å². The fourth-order valence-corrected chi connectivity index (χ4v) is 6.62. The highest BCUT2D eigenvalue weighted by atomic mass is 19.1. The number of likely N-dealkylation sites (tertiary alicyclic amines) is 2. The van der Waals surface area contributed by atoms with E-state index in [0.717, 1.165) is 18.7 Å². The van der Waals surface area contributed by atoms with E-state index in [2.05, 4.69) is 22.6 Å². The van der Waals surface area contributed by atoms with Crippen molar-refractivity contribution in [1.29, 1.82) is 0 Å². The second kappa shape index (κ2) is 13.4. The van der Waals surface area contributed by atoms with Crippen LogP contribution >= 0.6 is 0 Å². The van der Waals surface area contributed by atoms with Gasteiger partial charge in [-0.05, 0) is 74.4 Å². The quantitative estimate of drug-likeness (QED) is 0.457. The summed E-state index contributed by atoms with van der Waals surface area (Å²) in [4.78, 5) is 44.8. The number of ether oxygens (including phenoxy) is 3. The van der Waals surface area contributed by atoms with Crippen molar-refractivity contribution in [1.82, 2.24) is 20.4 Å². The van der Waals surface area contributed by atoms with Crippen molar-refractivity contribution in [2.45, 2.75) is 43.4 Å². The Morgan fingerprint density at radius 2 is 1.80 bits per heavy atom. The number of piperidine rings is 2. The Morgan fingerprint density at radius 1 is 1.02 bits per heavy atom. The Kier molecular flexibility index (Phi) is 9.12. The molecule has 242 valence electrons. The number of halogens is 1. The molecule has 2 N–H and O–H groups in total. The molecule has 2 fully saturated rings. The lowest BCUT2D eigenvalue weighted by molar-refractivity contribution is -0.142. The highest BCUT2D eigenvalue weighted by Crippen LogP contribution is 2.38. The van der Waals surface area contributed by atoms with Gasteiger partial charge >= 0.3 is 0 Å². The monoisotopic (exact) mass is 630 g/mol. The van der Waals surface area contributed by atoms with Crippen molar-refractivity contribution in [2.75, 3.05) is 46.9 Å². The minimum Gasteiger partial charge on any atom is -0.493 e. The number of methoxy groups -OCH3 is 1. The van der Waals surface area contributed by atoms with Crippen LogP contribution in [0.3, 0.4) is 0 Å². The molecule has 2 saturated heterocycles. The second-order valence-electron chi connectivity index (χ2n) is 12.3. The maximum atomic E-state index is 14.7. The van der Waals surface area contributed by atoms with E-state index in [-0.39, 0.29) is 42.7 Å². The molecule has 3 aromatic carbocycles. The average molecular weight is 631 g/mol. The summed E-state index contributed by atoms with van der Waals surface area (Å²) < 4.78 is 32.1. The summed E-state index contributed by atoms with van der Waals surface area (Å²) in [6, 6.07) is 18.4. The van der Waals surface area contributed by atoms with E-state index in [4.69, 9.17) is 14.2 Å². The molecule has 0 aliphatic carbocycles. The Morgan fingerprint density at radius 3 is 2.57 bits per heavy atom. The first-order valence-electron chi connectivity index (χ1n) is 15.6. The smallest absolute Gasteiger partial charge is 0.258 e. The van der Waals surface area contributed by atoms with Gasteiger partial charge in [0.25, 0.3) is 11.8 Å². The molecular weight excluding hydrogens is 591 g/mol. The third-order valence-electron chi connectivity index (χ3n) is 9.22. The molecule has 3 aliphatic rings. The molecule has 10 nitrogen and oxygen atoms in total. The predicted molar refractivity (Wildman–Crippen MR) is 168 cm³/mol. The Hall–Kier alpha value is -4.64. The first-order valence-corrected chi connectivity index (χ1v) is 15.6. The molecule has 3 aliphatic heterocycles. The summed E-state index contributed by atoms with van der Waals surface area (Å²) in [5, 5.41) is 5.82. The number of carbonyl (C=O) groups excluding carboxylic acids is 3. The summed E-state index contributed by atoms with van der Waals surface area (Å²) in [6.07, 6.45) is 1.25. The van der Waals surface area contributed by atoms with Crippen LogP contribution in [0.2, 0.25) is 0 Å². The summed E-state index contributed by atoms with van der Waals surface area (Å²) in [7, 11) is 3.54. The van der Waals surface area contributed by atoms with E-state index in [1.165, 1.54) is 25.3 Å². The molecule has 3 heterocycles. The van der Waals surface area contributed by atoms with Crippen molar-refractivity contribution in [3.63, 3.8) is 0 Å². The van der Waals surface area contributed by atoms with Gasteiger partial charge in [0, 0.05) is 37.7 Å². The summed E-state index contributed by atoms with van der Waals surface area (Å²) in [5.41, 5.74) is 1.12. The van der Waals surface area contributed by atoms with E-state index < -0.39 is 35.2 Å². The lowest BCUT2D eigenvalue weighted by atomic mass is 9.71. The first kappa shape index (κ1) is 31.3. The van der Waals surface area contributed by atoms with Gasteiger partial charge in [-0.3, -0.25) is 14.4 Å². The number of benzene rings is 3. The number of fused-ring (bicyclic) bond motifs is 5. The van der Waals surface area contributed by atoms with Crippen LogP contribution in [0, 0.1) is 5.82 Å². The zero-order valence-electron chi connectivity index (χ0n) is 26.1. The van der Waals surface area contributed by atoms with Crippen LogP contribution in [-0.4, -0.2) is 86.6 Å². The maximum Gasteiger partial charge on any atom is 0.258 e. The zero-order chi connectivity index (χ0) is 32.3. The average Bonchev–Trinajstić information content (AvgIpc) is 3.07. The van der Waals surface area contributed by atoms with Gasteiger partial charge < -0.3 is 34.6 Å². The molecule has 0 saturated carbocycles. The van der Waals surface area contributed by atoms with Crippen molar-refractivity contribution in [3.8, 4) is 17.2 Å². The van der Waals surface area contributed by atoms with Crippen LogP contribution in [0.1, 0.15) is 40.7 Å². The Bertz CT molecular complexity index is 1590. The number of carbonyl (C=O) groups is 3. The Labute approximate surface area is 267 Å². The number of hydrogen-bond donors (Lipinski definition) is 2. The van der Waals surface area contributed by atoms with Crippen LogP contribution < -0.4 is 24.8 Å². The molecule has 3 amide bonds. The molecule has 11 heteroatoms. The predicted octanol–water partition coefficient (Wildman–Crippen LogP) is 3.28. The van der Waals surface area contributed by atoms with Gasteiger partial charge in [0.1, 0.15) is 17.7 Å². The third-order valence-corrected chi connectivity index (χ3v) is 9.22. The Balaban J connectivity index is 1.33. The SMILES string of the molecule is COc1ccc2cc1OCC(=O)NCc1cc(F)cc(c1)O[C@@H]1CCN(C(=O)C3(c4ccccc4)CCN(C)CC3)C[C@@H]1NC2=O. The maximum absolute atomic E-state index is 14.7. The van der Waals surface area contributed by atoms with Crippen molar-refractivity contribution in [3.05, 3.63) is 89.2 Å². The summed E-state index contributed by atoms with van der Waals surface area (Å²) in [6.45, 7) is 1.96. The van der Waals surface area contributed by atoms with Gasteiger partial charge in [-0.15, -0.1) is 0 Å². The normalized spacial score (nSPS) is 21.9. The molecule has 2 atom stereocenters. The standard InChI is InChI=1S/C35H39FN4O6/c1-39-14-11-35(12-15-39,25-6-4-3-5-7-25)34(43)40-13-10-29-28(21-40)38-33(42)24-8-9-30(44-2)31(18-24)45-22-32(41)37-20-23-16-26(36)19-27(17-23)46-29/h3-9,16-19,28-29H,10-15,20-22H2,1-2H3,(H,37,41)(H,38,42)/t28-,29+/m0/s1. The lowest BCUT2D eigenvalue weighted by Crippen LogP contribution is -2.61. The molecule has 0 aromatic heterocycles. The minimum atomic E-state index is -0.673. The van der Waals surface area contributed by atoms with Gasteiger partial charge in [-0.25, -0.2) is 4.39 Å². The van der Waals surface area contributed by atoms with Gasteiger partial charge in [0.15, 0.2) is 18.1 Å². The fraction of sp³-hybridized carbons (Fsp3) is 0.400. The topological polar surface area (TPSA) is 109 Å². The van der Waals surface area contributed by atoms with E-state index in [1.807, 2.05) is 35.2 Å². The molecule has 0 radical (unpaired) electrons. The van der Waals surface area contributed by atoms with Crippen LogP contribution in [0.15, 0.2) is 66.7 Å². The molecular formula is C35H39FN4O6. The molecule has 3 aromatic rings. The van der Waals surface area contributed by atoms with E-state index in [0.29, 0.717) is 37.1 Å². The van der Waals surface area contributed by atoms with Gasteiger partial charge in [0.05, 0.1) is 18.6 Å². The summed E-state index contributed by atoms with van der Waals surface area (Å²) >= 11 is 0. The molecule has 4 bridgehead atoms. The first-order chi connectivity index (χ1) is 22.2. The molecule has 6 rings (SSSR count). The largest absolute Gasteiger partial charge is 0.493 e. The van der Waals surface area contributed by atoms with Gasteiger partial charge in [-0.1, -0.05) is 30.3 Å². The van der Waals surface area contributed by atoms with Gasteiger partial charge in [0.2, 0.25) is 5.91 Å². The van der Waals surface area contributed by atoms with Crippen LogP contribution in [0.5, 0.6) is 17.2 Å². The van der Waals surface area contributed by atoms with Crippen LogP contribution in [0.25, 0.3) is 0 Å². The van der Waals surface area contributed by atoms with Crippen molar-refractivity contribution >= 4 is 17.7 Å². The van der Waals surface area contributed by atoms with E-state index in [9.17, 15) is 18.8 Å².